The van der Waals surface area contributed by atoms with E-state index in [4.69, 9.17) is 16.6 Å². The minimum atomic E-state index is -0.402. The SMILES string of the molecule is O=C(c1cccc(Cl)c1)N1CCN(Cc2c(-c3ccc([N+](=O)[O-])cc3)nc3sccn23)CC1. The highest BCUT2D eigenvalue weighted by Gasteiger charge is 2.25. The summed E-state index contributed by atoms with van der Waals surface area (Å²) in [6, 6.07) is 13.5. The summed E-state index contributed by atoms with van der Waals surface area (Å²) in [4.78, 5) is 33.2. The maximum absolute atomic E-state index is 12.8. The van der Waals surface area contributed by atoms with Crippen LogP contribution in [0.2, 0.25) is 5.02 Å². The molecule has 0 unspecified atom stereocenters. The van der Waals surface area contributed by atoms with Crippen molar-refractivity contribution in [2.45, 2.75) is 6.54 Å². The molecule has 0 spiro atoms. The van der Waals surface area contributed by atoms with Gasteiger partial charge in [0.25, 0.3) is 11.6 Å². The van der Waals surface area contributed by atoms with Crippen LogP contribution in [-0.2, 0) is 6.54 Å². The molecule has 4 aromatic rings. The number of benzene rings is 2. The molecule has 0 atom stereocenters. The zero-order valence-electron chi connectivity index (χ0n) is 17.6. The van der Waals surface area contributed by atoms with Gasteiger partial charge in [-0.3, -0.25) is 24.2 Å². The third-order valence-corrected chi connectivity index (χ3v) is 6.81. The first-order valence-corrected chi connectivity index (χ1v) is 11.7. The van der Waals surface area contributed by atoms with Crippen molar-refractivity contribution in [3.8, 4) is 11.3 Å². The van der Waals surface area contributed by atoms with Gasteiger partial charge in [-0.05, 0) is 30.3 Å². The number of nitrogens with zero attached hydrogens (tertiary/aromatic N) is 5. The molecule has 1 aliphatic heterocycles. The summed E-state index contributed by atoms with van der Waals surface area (Å²) in [7, 11) is 0. The number of amides is 1. The quantitative estimate of drug-likeness (QED) is 0.307. The molecule has 1 aliphatic rings. The highest BCUT2D eigenvalue weighted by molar-refractivity contribution is 7.15. The molecule has 0 radical (unpaired) electrons. The molecule has 1 amide bonds. The van der Waals surface area contributed by atoms with Crippen molar-refractivity contribution in [1.29, 1.82) is 0 Å². The number of hydrogen-bond acceptors (Lipinski definition) is 6. The predicted molar refractivity (Wildman–Crippen MR) is 128 cm³/mol. The van der Waals surface area contributed by atoms with Gasteiger partial charge >= 0.3 is 0 Å². The molecule has 2 aromatic carbocycles. The largest absolute Gasteiger partial charge is 0.336 e. The van der Waals surface area contributed by atoms with Crippen LogP contribution in [0.5, 0.6) is 0 Å². The van der Waals surface area contributed by atoms with Gasteiger partial charge in [0.1, 0.15) is 0 Å². The molecule has 1 fully saturated rings. The lowest BCUT2D eigenvalue weighted by Crippen LogP contribution is -2.48. The van der Waals surface area contributed by atoms with E-state index in [-0.39, 0.29) is 11.6 Å². The van der Waals surface area contributed by atoms with Crippen LogP contribution in [0.1, 0.15) is 16.1 Å². The minimum absolute atomic E-state index is 0.00621. The highest BCUT2D eigenvalue weighted by atomic mass is 35.5. The van der Waals surface area contributed by atoms with Gasteiger partial charge in [0, 0.05) is 72.6 Å². The molecular formula is C23H20ClN5O3S. The third kappa shape index (κ3) is 4.35. The molecule has 2 aromatic heterocycles. The number of nitro groups is 1. The van der Waals surface area contributed by atoms with Crippen LogP contribution in [0.4, 0.5) is 5.69 Å². The summed E-state index contributed by atoms with van der Waals surface area (Å²) in [6.45, 7) is 3.41. The Morgan fingerprint density at radius 2 is 1.88 bits per heavy atom. The molecular weight excluding hydrogens is 462 g/mol. The molecule has 0 N–H and O–H groups in total. The van der Waals surface area contributed by atoms with E-state index >= 15 is 0 Å². The molecule has 0 bridgehead atoms. The highest BCUT2D eigenvalue weighted by Crippen LogP contribution is 2.29. The lowest BCUT2D eigenvalue weighted by molar-refractivity contribution is -0.384. The average Bonchev–Trinajstić information content (AvgIpc) is 3.42. The van der Waals surface area contributed by atoms with Gasteiger partial charge < -0.3 is 4.90 Å². The Morgan fingerprint density at radius 3 is 2.58 bits per heavy atom. The Bertz CT molecular complexity index is 1330. The van der Waals surface area contributed by atoms with Gasteiger partial charge in [0.15, 0.2) is 4.96 Å². The number of fused-ring (bicyclic) bond motifs is 1. The number of rotatable bonds is 5. The number of imidazole rings is 1. The van der Waals surface area contributed by atoms with Gasteiger partial charge in [-0.15, -0.1) is 11.3 Å². The fraction of sp³-hybridized carbons (Fsp3) is 0.217. The number of carbonyl (C=O) groups is 1. The van der Waals surface area contributed by atoms with Crippen LogP contribution < -0.4 is 0 Å². The normalized spacial score (nSPS) is 14.6. The van der Waals surface area contributed by atoms with Gasteiger partial charge in [-0.25, -0.2) is 4.98 Å². The summed E-state index contributed by atoms with van der Waals surface area (Å²) in [5.41, 5.74) is 3.37. The monoisotopic (exact) mass is 481 g/mol. The van der Waals surface area contributed by atoms with Crippen LogP contribution in [0.3, 0.4) is 0 Å². The van der Waals surface area contributed by atoms with Gasteiger partial charge in [-0.1, -0.05) is 17.7 Å². The number of piperazine rings is 1. The van der Waals surface area contributed by atoms with Crippen LogP contribution in [0.15, 0.2) is 60.1 Å². The van der Waals surface area contributed by atoms with Crippen molar-refractivity contribution in [1.82, 2.24) is 19.2 Å². The number of hydrogen-bond donors (Lipinski definition) is 0. The number of thiazole rings is 1. The van der Waals surface area contributed by atoms with Crippen LogP contribution in [0.25, 0.3) is 16.2 Å². The molecule has 10 heteroatoms. The van der Waals surface area contributed by atoms with E-state index in [9.17, 15) is 14.9 Å². The minimum Gasteiger partial charge on any atom is -0.336 e. The maximum atomic E-state index is 12.8. The molecule has 8 nitrogen and oxygen atoms in total. The maximum Gasteiger partial charge on any atom is 0.269 e. The summed E-state index contributed by atoms with van der Waals surface area (Å²) in [5, 5.41) is 13.6. The second-order valence-corrected chi connectivity index (χ2v) is 9.15. The number of aromatic nitrogens is 2. The van der Waals surface area contributed by atoms with Crippen molar-refractivity contribution in [2.24, 2.45) is 0 Å². The van der Waals surface area contributed by atoms with Gasteiger partial charge in [0.2, 0.25) is 0 Å². The third-order valence-electron chi connectivity index (χ3n) is 5.82. The molecule has 168 valence electrons. The van der Waals surface area contributed by atoms with E-state index in [0.717, 1.165) is 35.0 Å². The first-order valence-electron chi connectivity index (χ1n) is 10.5. The standard InChI is InChI=1S/C23H20ClN5O3S/c24-18-3-1-2-17(14-18)22(30)27-10-8-26(9-11-27)15-20-21(25-23-28(20)12-13-33-23)16-4-6-19(7-5-16)29(31)32/h1-7,12-14H,8-11,15H2. The second kappa shape index (κ2) is 8.93. The summed E-state index contributed by atoms with van der Waals surface area (Å²) < 4.78 is 2.07. The molecule has 3 heterocycles. The van der Waals surface area contributed by atoms with Crippen molar-refractivity contribution in [3.63, 3.8) is 0 Å². The smallest absolute Gasteiger partial charge is 0.269 e. The Morgan fingerprint density at radius 1 is 1.12 bits per heavy atom. The van der Waals surface area contributed by atoms with Crippen LogP contribution in [-0.4, -0.2) is 56.2 Å². The predicted octanol–water partition coefficient (Wildman–Crippen LogP) is 4.58. The van der Waals surface area contributed by atoms with Crippen molar-refractivity contribution < 1.29 is 9.72 Å². The fourth-order valence-corrected chi connectivity index (χ4v) is 5.00. The summed E-state index contributed by atoms with van der Waals surface area (Å²) >= 11 is 7.59. The Labute approximate surface area is 198 Å². The number of non-ortho nitro benzene ring substituents is 1. The van der Waals surface area contributed by atoms with E-state index in [2.05, 4.69) is 9.30 Å². The number of nitro benzene ring substituents is 1. The number of halogens is 1. The molecule has 1 saturated heterocycles. The van der Waals surface area contributed by atoms with Crippen molar-refractivity contribution in [2.75, 3.05) is 26.2 Å². The molecule has 5 rings (SSSR count). The van der Waals surface area contributed by atoms with E-state index in [1.807, 2.05) is 16.5 Å². The molecule has 33 heavy (non-hydrogen) atoms. The second-order valence-electron chi connectivity index (χ2n) is 7.85. The van der Waals surface area contributed by atoms with Crippen molar-refractivity contribution in [3.05, 3.63) is 86.5 Å². The zero-order valence-corrected chi connectivity index (χ0v) is 19.1. The first kappa shape index (κ1) is 21.6. The van der Waals surface area contributed by atoms with E-state index in [1.165, 1.54) is 12.1 Å². The Hall–Kier alpha value is -3.27. The van der Waals surface area contributed by atoms with Crippen LogP contribution >= 0.6 is 22.9 Å². The first-order chi connectivity index (χ1) is 16.0. The van der Waals surface area contributed by atoms with E-state index in [0.29, 0.717) is 30.2 Å². The van der Waals surface area contributed by atoms with Gasteiger partial charge in [0.05, 0.1) is 16.3 Å². The van der Waals surface area contributed by atoms with Crippen molar-refractivity contribution >= 4 is 39.5 Å². The summed E-state index contributed by atoms with van der Waals surface area (Å²) in [5.74, 6) is -0.00621. The topological polar surface area (TPSA) is 84.0 Å². The molecule has 0 saturated carbocycles. The van der Waals surface area contributed by atoms with E-state index < -0.39 is 4.92 Å². The van der Waals surface area contributed by atoms with E-state index in [1.54, 1.807) is 47.7 Å². The lowest BCUT2D eigenvalue weighted by atomic mass is 10.1. The lowest BCUT2D eigenvalue weighted by Gasteiger charge is -2.34. The summed E-state index contributed by atoms with van der Waals surface area (Å²) in [6.07, 6.45) is 2.00. The Balaban J connectivity index is 1.33. The van der Waals surface area contributed by atoms with Crippen LogP contribution in [0, 0.1) is 10.1 Å². The zero-order chi connectivity index (χ0) is 22.9. The average molecular weight is 482 g/mol. The Kier molecular flexibility index (Phi) is 5.84. The van der Waals surface area contributed by atoms with Gasteiger partial charge in [-0.2, -0.15) is 0 Å². The number of carbonyl (C=O) groups excluding carboxylic acids is 1. The molecule has 0 aliphatic carbocycles. The fourth-order valence-electron chi connectivity index (χ4n) is 4.08.